The van der Waals surface area contributed by atoms with Gasteiger partial charge in [0, 0.05) is 32.2 Å². The number of aliphatic imine (C=N–C) groups is 1. The maximum Gasteiger partial charge on any atom is 0.251 e. The number of nitrogens with one attached hydrogen (secondary N) is 3. The number of rotatable bonds is 6. The van der Waals surface area contributed by atoms with Crippen molar-refractivity contribution in [2.24, 2.45) is 4.99 Å². The zero-order valence-corrected chi connectivity index (χ0v) is 17.8. The van der Waals surface area contributed by atoms with E-state index < -0.39 is 0 Å². The SMILES string of the molecule is CCNC(=O)c1cccc(CNC(=NC)NCc2ccc(C)cc2)c1.I. The summed E-state index contributed by atoms with van der Waals surface area (Å²) in [5, 5.41) is 9.38. The summed E-state index contributed by atoms with van der Waals surface area (Å²) in [6, 6.07) is 16.0. The molecule has 0 bridgehead atoms. The lowest BCUT2D eigenvalue weighted by Gasteiger charge is -2.13. The van der Waals surface area contributed by atoms with Gasteiger partial charge < -0.3 is 16.0 Å². The van der Waals surface area contributed by atoms with Crippen molar-refractivity contribution in [3.63, 3.8) is 0 Å². The van der Waals surface area contributed by atoms with Crippen LogP contribution in [0.5, 0.6) is 0 Å². The lowest BCUT2D eigenvalue weighted by Crippen LogP contribution is -2.36. The minimum atomic E-state index is -0.0498. The summed E-state index contributed by atoms with van der Waals surface area (Å²) in [7, 11) is 1.75. The quantitative estimate of drug-likeness (QED) is 0.348. The fourth-order valence-corrected chi connectivity index (χ4v) is 2.38. The first-order valence-corrected chi connectivity index (χ1v) is 8.49. The first-order valence-electron chi connectivity index (χ1n) is 8.49. The van der Waals surface area contributed by atoms with Crippen LogP contribution in [0.2, 0.25) is 0 Å². The molecule has 0 heterocycles. The fraction of sp³-hybridized carbons (Fsp3) is 0.300. The van der Waals surface area contributed by atoms with Gasteiger partial charge in [0.05, 0.1) is 0 Å². The van der Waals surface area contributed by atoms with E-state index in [0.717, 1.165) is 11.5 Å². The van der Waals surface area contributed by atoms with Gasteiger partial charge in [0.15, 0.2) is 5.96 Å². The van der Waals surface area contributed by atoms with E-state index >= 15 is 0 Å². The molecule has 0 fully saturated rings. The molecule has 3 N–H and O–H groups in total. The Labute approximate surface area is 172 Å². The number of halogens is 1. The molecule has 0 radical (unpaired) electrons. The molecule has 0 atom stereocenters. The Morgan fingerprint density at radius 1 is 0.962 bits per heavy atom. The Morgan fingerprint density at radius 2 is 1.62 bits per heavy atom. The van der Waals surface area contributed by atoms with Gasteiger partial charge in [-0.1, -0.05) is 42.0 Å². The molecule has 0 unspecified atom stereocenters. The van der Waals surface area contributed by atoms with Crippen molar-refractivity contribution >= 4 is 35.8 Å². The van der Waals surface area contributed by atoms with Crippen LogP contribution in [-0.2, 0) is 13.1 Å². The highest BCUT2D eigenvalue weighted by molar-refractivity contribution is 14.0. The maximum absolute atomic E-state index is 11.9. The van der Waals surface area contributed by atoms with Crippen molar-refractivity contribution < 1.29 is 4.79 Å². The molecule has 2 aromatic carbocycles. The molecule has 0 spiro atoms. The molecule has 0 aliphatic heterocycles. The van der Waals surface area contributed by atoms with Crippen LogP contribution in [-0.4, -0.2) is 25.5 Å². The number of benzene rings is 2. The highest BCUT2D eigenvalue weighted by atomic mass is 127. The third-order valence-corrected chi connectivity index (χ3v) is 3.79. The van der Waals surface area contributed by atoms with Crippen LogP contribution in [0.1, 0.15) is 34.0 Å². The lowest BCUT2D eigenvalue weighted by molar-refractivity contribution is 0.0955. The van der Waals surface area contributed by atoms with Gasteiger partial charge in [-0.2, -0.15) is 0 Å². The van der Waals surface area contributed by atoms with Gasteiger partial charge >= 0.3 is 0 Å². The molecule has 2 rings (SSSR count). The van der Waals surface area contributed by atoms with Crippen molar-refractivity contribution in [3.05, 3.63) is 70.8 Å². The second kappa shape index (κ2) is 11.5. The van der Waals surface area contributed by atoms with Crippen LogP contribution in [0.15, 0.2) is 53.5 Å². The number of guanidine groups is 1. The maximum atomic E-state index is 11.9. The Morgan fingerprint density at radius 3 is 2.23 bits per heavy atom. The van der Waals surface area contributed by atoms with Crippen molar-refractivity contribution in [2.45, 2.75) is 26.9 Å². The first-order chi connectivity index (χ1) is 12.1. The Balaban J connectivity index is 0.00000338. The summed E-state index contributed by atoms with van der Waals surface area (Å²) in [6.45, 7) is 5.91. The van der Waals surface area contributed by atoms with E-state index in [-0.39, 0.29) is 29.9 Å². The monoisotopic (exact) mass is 466 g/mol. The standard InChI is InChI=1S/C20H26N4O.HI/c1-4-22-19(25)18-7-5-6-17(12-18)14-24-20(21-3)23-13-16-10-8-15(2)9-11-16;/h5-12H,4,13-14H2,1-3H3,(H,22,25)(H2,21,23,24);1H. The van der Waals surface area contributed by atoms with Gasteiger partial charge in [-0.15, -0.1) is 24.0 Å². The summed E-state index contributed by atoms with van der Waals surface area (Å²) in [6.07, 6.45) is 0. The number of hydrogen-bond acceptors (Lipinski definition) is 2. The molecular weight excluding hydrogens is 439 g/mol. The van der Waals surface area contributed by atoms with Crippen LogP contribution in [0.4, 0.5) is 0 Å². The fourth-order valence-electron chi connectivity index (χ4n) is 2.38. The minimum absolute atomic E-state index is 0. The third-order valence-electron chi connectivity index (χ3n) is 3.79. The molecule has 0 saturated carbocycles. The van der Waals surface area contributed by atoms with Crippen molar-refractivity contribution in [3.8, 4) is 0 Å². The second-order valence-corrected chi connectivity index (χ2v) is 5.82. The summed E-state index contributed by atoms with van der Waals surface area (Å²) >= 11 is 0. The zero-order chi connectivity index (χ0) is 18.1. The molecule has 5 nitrogen and oxygen atoms in total. The van der Waals surface area contributed by atoms with Crippen LogP contribution in [0.3, 0.4) is 0 Å². The molecular formula is C20H27IN4O. The third kappa shape index (κ3) is 7.03. The van der Waals surface area contributed by atoms with Crippen LogP contribution >= 0.6 is 24.0 Å². The minimum Gasteiger partial charge on any atom is -0.352 e. The molecule has 0 saturated heterocycles. The number of hydrogen-bond donors (Lipinski definition) is 3. The van der Waals surface area contributed by atoms with Gasteiger partial charge in [-0.3, -0.25) is 9.79 Å². The predicted molar refractivity (Wildman–Crippen MR) is 118 cm³/mol. The molecule has 1 amide bonds. The van der Waals surface area contributed by atoms with Crippen molar-refractivity contribution in [2.75, 3.05) is 13.6 Å². The van der Waals surface area contributed by atoms with Gasteiger partial charge in [-0.05, 0) is 37.1 Å². The smallest absolute Gasteiger partial charge is 0.251 e. The Hall–Kier alpha value is -2.09. The van der Waals surface area contributed by atoms with Crippen molar-refractivity contribution in [1.29, 1.82) is 0 Å². The second-order valence-electron chi connectivity index (χ2n) is 5.82. The van der Waals surface area contributed by atoms with E-state index in [0.29, 0.717) is 25.2 Å². The Bertz CT molecular complexity index is 729. The van der Waals surface area contributed by atoms with E-state index in [2.05, 4.69) is 52.1 Å². The summed E-state index contributed by atoms with van der Waals surface area (Å²) < 4.78 is 0. The average molecular weight is 466 g/mol. The number of carbonyl (C=O) groups excluding carboxylic acids is 1. The first kappa shape index (κ1) is 22.0. The molecule has 0 aliphatic rings. The van der Waals surface area contributed by atoms with Gasteiger partial charge in [0.25, 0.3) is 5.91 Å². The van der Waals surface area contributed by atoms with E-state index in [9.17, 15) is 4.79 Å². The van der Waals surface area contributed by atoms with Crippen LogP contribution < -0.4 is 16.0 Å². The number of nitrogens with zero attached hydrogens (tertiary/aromatic N) is 1. The lowest BCUT2D eigenvalue weighted by atomic mass is 10.1. The summed E-state index contributed by atoms with van der Waals surface area (Å²) in [5.41, 5.74) is 4.15. The Kier molecular flexibility index (Phi) is 9.72. The average Bonchev–Trinajstić information content (AvgIpc) is 2.64. The molecule has 0 aromatic heterocycles. The van der Waals surface area contributed by atoms with E-state index in [1.807, 2.05) is 31.2 Å². The molecule has 140 valence electrons. The van der Waals surface area contributed by atoms with Gasteiger partial charge in [-0.25, -0.2) is 0 Å². The summed E-state index contributed by atoms with van der Waals surface area (Å²) in [5.74, 6) is 0.676. The van der Waals surface area contributed by atoms with Crippen LogP contribution in [0, 0.1) is 6.92 Å². The number of carbonyl (C=O) groups is 1. The normalized spacial score (nSPS) is 10.7. The predicted octanol–water partition coefficient (Wildman–Crippen LogP) is 3.23. The van der Waals surface area contributed by atoms with E-state index in [1.165, 1.54) is 11.1 Å². The molecule has 6 heteroatoms. The van der Waals surface area contributed by atoms with E-state index in [1.54, 1.807) is 7.05 Å². The van der Waals surface area contributed by atoms with Gasteiger partial charge in [0.1, 0.15) is 0 Å². The molecule has 2 aromatic rings. The molecule has 0 aliphatic carbocycles. The van der Waals surface area contributed by atoms with Crippen molar-refractivity contribution in [1.82, 2.24) is 16.0 Å². The van der Waals surface area contributed by atoms with E-state index in [4.69, 9.17) is 0 Å². The number of aryl methyl sites for hydroxylation is 1. The highest BCUT2D eigenvalue weighted by Crippen LogP contribution is 2.05. The number of amides is 1. The topological polar surface area (TPSA) is 65.5 Å². The largest absolute Gasteiger partial charge is 0.352 e. The zero-order valence-electron chi connectivity index (χ0n) is 15.5. The van der Waals surface area contributed by atoms with Crippen LogP contribution in [0.25, 0.3) is 0 Å². The highest BCUT2D eigenvalue weighted by Gasteiger charge is 2.05. The molecule has 26 heavy (non-hydrogen) atoms. The summed E-state index contributed by atoms with van der Waals surface area (Å²) in [4.78, 5) is 16.1. The van der Waals surface area contributed by atoms with Gasteiger partial charge in [0.2, 0.25) is 0 Å².